The Morgan fingerprint density at radius 1 is 1.24 bits per heavy atom. The molecule has 0 bridgehead atoms. The minimum atomic E-state index is -2.31. The van der Waals surface area contributed by atoms with E-state index in [1.165, 1.54) is 19.1 Å². The first-order valence-corrected chi connectivity index (χ1v) is 14.2. The summed E-state index contributed by atoms with van der Waals surface area (Å²) in [6, 6.07) is 0. The molecule has 0 amide bonds. The molecule has 1 saturated heterocycles. The first-order chi connectivity index (χ1) is 17.8. The van der Waals surface area contributed by atoms with E-state index in [0.717, 1.165) is 17.8 Å². The van der Waals surface area contributed by atoms with Crippen molar-refractivity contribution >= 4 is 34.6 Å². The van der Waals surface area contributed by atoms with E-state index in [1.54, 1.807) is 20.8 Å². The van der Waals surface area contributed by atoms with Crippen LogP contribution in [0.4, 0.5) is 8.78 Å². The number of aliphatic hydroxyl groups excluding tert-OH is 1. The molecule has 4 fully saturated rings. The Hall–Kier alpha value is -2.07. The van der Waals surface area contributed by atoms with Crippen LogP contribution >= 0.6 is 11.8 Å². The molecule has 0 spiro atoms. The zero-order chi connectivity index (χ0) is 27.8. The predicted molar refractivity (Wildman–Crippen MR) is 134 cm³/mol. The van der Waals surface area contributed by atoms with Gasteiger partial charge >= 0.3 is 11.9 Å². The molecule has 4 aliphatic carbocycles. The molecule has 5 rings (SSSR count). The van der Waals surface area contributed by atoms with Gasteiger partial charge in [0.25, 0.3) is 0 Å². The van der Waals surface area contributed by atoms with Gasteiger partial charge in [0, 0.05) is 35.5 Å². The van der Waals surface area contributed by atoms with Gasteiger partial charge in [-0.25, -0.2) is 8.78 Å². The van der Waals surface area contributed by atoms with E-state index in [4.69, 9.17) is 9.47 Å². The average molecular weight is 553 g/mol. The van der Waals surface area contributed by atoms with Crippen LogP contribution in [0, 0.1) is 28.6 Å². The summed E-state index contributed by atoms with van der Waals surface area (Å²) < 4.78 is 44.2. The van der Waals surface area contributed by atoms with Gasteiger partial charge in [-0.3, -0.25) is 19.2 Å². The van der Waals surface area contributed by atoms with Gasteiger partial charge in [-0.05, 0) is 49.8 Å². The Bertz CT molecular complexity index is 1150. The number of thioether (sulfide) groups is 1. The number of hydrogen-bond donors (Lipinski definition) is 1. The molecule has 10 heteroatoms. The molecule has 38 heavy (non-hydrogen) atoms. The lowest BCUT2D eigenvalue weighted by atomic mass is 9.44. The van der Waals surface area contributed by atoms with Crippen LogP contribution in [0.1, 0.15) is 59.8 Å². The molecule has 10 atom stereocenters. The maximum absolute atomic E-state index is 17.4. The SMILES string of the molecule is CCC(=O)O[C@]1(C(=O)SC2CCOC2=O)[C@H](C)CC2C3C[C@H](F)C4=CC(=O)C=CC4(C)[C@@]3(F)[C@@H](O)CC21C. The topological polar surface area (TPSA) is 107 Å². The van der Waals surface area contributed by atoms with E-state index in [1.807, 2.05) is 0 Å². The summed E-state index contributed by atoms with van der Waals surface area (Å²) in [4.78, 5) is 51.1. The highest BCUT2D eigenvalue weighted by Gasteiger charge is 2.78. The predicted octanol–water partition coefficient (Wildman–Crippen LogP) is 3.82. The summed E-state index contributed by atoms with van der Waals surface area (Å²) in [6.07, 6.45) is 0.586. The Kier molecular flexibility index (Phi) is 6.50. The monoisotopic (exact) mass is 552 g/mol. The molecule has 7 nitrogen and oxygen atoms in total. The molecule has 5 unspecified atom stereocenters. The van der Waals surface area contributed by atoms with Crippen LogP contribution in [-0.2, 0) is 28.7 Å². The van der Waals surface area contributed by atoms with E-state index in [-0.39, 0.29) is 37.9 Å². The van der Waals surface area contributed by atoms with Crippen LogP contribution < -0.4 is 0 Å². The normalized spacial score (nSPS) is 47.5. The second kappa shape index (κ2) is 8.98. The molecule has 1 N–H and O–H groups in total. The zero-order valence-corrected chi connectivity index (χ0v) is 22.8. The van der Waals surface area contributed by atoms with Gasteiger partial charge in [0.15, 0.2) is 17.1 Å². The summed E-state index contributed by atoms with van der Waals surface area (Å²) in [6.45, 7) is 6.78. The molecule has 0 aromatic rings. The highest BCUT2D eigenvalue weighted by molar-refractivity contribution is 8.14. The number of ether oxygens (including phenoxy) is 2. The van der Waals surface area contributed by atoms with Crippen LogP contribution in [-0.4, -0.2) is 63.3 Å². The zero-order valence-electron chi connectivity index (χ0n) is 22.0. The molecule has 0 aromatic heterocycles. The van der Waals surface area contributed by atoms with Crippen molar-refractivity contribution in [3.05, 3.63) is 23.8 Å². The van der Waals surface area contributed by atoms with Crippen molar-refractivity contribution < 1.29 is 42.5 Å². The van der Waals surface area contributed by atoms with E-state index in [9.17, 15) is 24.3 Å². The molecule has 208 valence electrons. The Morgan fingerprint density at radius 2 is 1.95 bits per heavy atom. The van der Waals surface area contributed by atoms with Crippen molar-refractivity contribution in [1.82, 2.24) is 0 Å². The van der Waals surface area contributed by atoms with E-state index >= 15 is 8.78 Å². The molecule has 3 saturated carbocycles. The molecular formula is C28H34F2O7S. The van der Waals surface area contributed by atoms with Crippen molar-refractivity contribution in [3.63, 3.8) is 0 Å². The first kappa shape index (κ1) is 27.5. The quantitative estimate of drug-likeness (QED) is 0.525. The Balaban J connectivity index is 1.61. The van der Waals surface area contributed by atoms with Gasteiger partial charge in [-0.15, -0.1) is 0 Å². The van der Waals surface area contributed by atoms with Gasteiger partial charge in [0.1, 0.15) is 11.4 Å². The first-order valence-electron chi connectivity index (χ1n) is 13.3. The number of aliphatic hydroxyl groups is 1. The largest absolute Gasteiger partial charge is 0.465 e. The van der Waals surface area contributed by atoms with Crippen molar-refractivity contribution in [2.45, 2.75) is 88.6 Å². The third-order valence-electron chi connectivity index (χ3n) is 10.2. The molecule has 1 heterocycles. The van der Waals surface area contributed by atoms with Crippen LogP contribution in [0.15, 0.2) is 23.8 Å². The summed E-state index contributed by atoms with van der Waals surface area (Å²) in [5.74, 6) is -3.76. The Morgan fingerprint density at radius 3 is 2.58 bits per heavy atom. The number of esters is 2. The van der Waals surface area contributed by atoms with Crippen molar-refractivity contribution in [3.8, 4) is 0 Å². The number of allylic oxidation sites excluding steroid dienone is 4. The van der Waals surface area contributed by atoms with Crippen LogP contribution in [0.25, 0.3) is 0 Å². The van der Waals surface area contributed by atoms with Crippen molar-refractivity contribution in [2.24, 2.45) is 28.6 Å². The molecular weight excluding hydrogens is 518 g/mol. The molecule has 0 aromatic carbocycles. The number of rotatable bonds is 4. The number of ketones is 1. The lowest BCUT2D eigenvalue weighted by Crippen LogP contribution is -2.70. The van der Waals surface area contributed by atoms with Gasteiger partial charge in [-0.2, -0.15) is 0 Å². The average Bonchev–Trinajstić information content (AvgIpc) is 3.35. The van der Waals surface area contributed by atoms with E-state index in [2.05, 4.69) is 0 Å². The van der Waals surface area contributed by atoms with Gasteiger partial charge < -0.3 is 14.6 Å². The fourth-order valence-electron chi connectivity index (χ4n) is 8.27. The summed E-state index contributed by atoms with van der Waals surface area (Å²) in [5.41, 5.74) is -6.81. The highest BCUT2D eigenvalue weighted by atomic mass is 32.2. The second-order valence-electron chi connectivity index (χ2n) is 11.9. The second-order valence-corrected chi connectivity index (χ2v) is 13.1. The third kappa shape index (κ3) is 3.41. The fourth-order valence-corrected chi connectivity index (χ4v) is 9.56. The molecule has 0 radical (unpaired) electrons. The van der Waals surface area contributed by atoms with Gasteiger partial charge in [0.2, 0.25) is 5.12 Å². The van der Waals surface area contributed by atoms with Gasteiger partial charge in [-0.1, -0.05) is 38.6 Å². The lowest BCUT2D eigenvalue weighted by Gasteiger charge is -2.63. The van der Waals surface area contributed by atoms with Crippen LogP contribution in [0.2, 0.25) is 0 Å². The highest BCUT2D eigenvalue weighted by Crippen LogP contribution is 2.72. The van der Waals surface area contributed by atoms with Crippen LogP contribution in [0.3, 0.4) is 0 Å². The number of alkyl halides is 2. The van der Waals surface area contributed by atoms with E-state index in [0.29, 0.717) is 6.42 Å². The number of halogens is 2. The number of carbonyl (C=O) groups excluding carboxylic acids is 4. The Labute approximate surface area is 224 Å². The fraction of sp³-hybridized carbons (Fsp3) is 0.714. The maximum Gasteiger partial charge on any atom is 0.319 e. The number of fused-ring (bicyclic) bond motifs is 5. The van der Waals surface area contributed by atoms with Crippen molar-refractivity contribution in [2.75, 3.05) is 6.61 Å². The van der Waals surface area contributed by atoms with E-state index < -0.39 is 80.2 Å². The smallest absolute Gasteiger partial charge is 0.319 e. The number of hydrogen-bond acceptors (Lipinski definition) is 8. The van der Waals surface area contributed by atoms with Crippen LogP contribution in [0.5, 0.6) is 0 Å². The summed E-state index contributed by atoms with van der Waals surface area (Å²) >= 11 is 0.772. The minimum Gasteiger partial charge on any atom is -0.465 e. The number of cyclic esters (lactones) is 1. The maximum atomic E-state index is 17.4. The molecule has 5 aliphatic rings. The standard InChI is InChI=1S/C28H34F2O7S/c1-5-22(33)37-28(24(35)38-20-7-9-36-23(20)34)14(2)10-16-17-12-19(29)18-11-15(31)6-8-25(18,3)27(17,30)21(32)13-26(16,28)4/h6,8,11,14,16-17,19-21,32H,5,7,9-10,12-13H2,1-4H3/t14-,16?,17?,19+,20?,21+,25?,26?,27+,28+/m1/s1. The lowest BCUT2D eigenvalue weighted by molar-refractivity contribution is -0.228. The molecule has 1 aliphatic heterocycles. The third-order valence-corrected chi connectivity index (χ3v) is 11.4. The summed E-state index contributed by atoms with van der Waals surface area (Å²) in [5, 5.41) is 10.3. The number of carbonyl (C=O) groups is 4. The van der Waals surface area contributed by atoms with Crippen molar-refractivity contribution in [1.29, 1.82) is 0 Å². The van der Waals surface area contributed by atoms with Gasteiger partial charge in [0.05, 0.1) is 12.7 Å². The summed E-state index contributed by atoms with van der Waals surface area (Å²) in [7, 11) is 0. The minimum absolute atomic E-state index is 0.00469.